The highest BCUT2D eigenvalue weighted by Crippen LogP contribution is 2.23. The molecule has 0 saturated heterocycles. The summed E-state index contributed by atoms with van der Waals surface area (Å²) in [6, 6.07) is 11.5. The number of carbonyl (C=O) groups is 1. The van der Waals surface area contributed by atoms with Gasteiger partial charge in [0.2, 0.25) is 0 Å². The first kappa shape index (κ1) is 15.6. The summed E-state index contributed by atoms with van der Waals surface area (Å²) in [6.45, 7) is 2.42. The molecule has 1 amide bonds. The fraction of sp³-hybridized carbons (Fsp3) is 0.167. The van der Waals surface area contributed by atoms with Crippen LogP contribution in [-0.4, -0.2) is 17.4 Å². The molecule has 0 spiro atoms. The number of amides is 1. The molecule has 3 rings (SSSR count). The molecular weight excluding hydrogens is 315 g/mol. The number of aromatic amines is 1. The van der Waals surface area contributed by atoms with E-state index in [1.807, 2.05) is 6.92 Å². The molecule has 2 N–H and O–H groups in total. The van der Waals surface area contributed by atoms with E-state index in [4.69, 9.17) is 11.6 Å². The van der Waals surface area contributed by atoms with E-state index in [0.717, 1.165) is 22.2 Å². The molecule has 0 saturated carbocycles. The van der Waals surface area contributed by atoms with E-state index in [2.05, 4.69) is 10.3 Å². The SMILES string of the molecule is Cc1[nH]c2ccc(F)cc2c1CCNC(=O)c1cccc(Cl)c1. The lowest BCUT2D eigenvalue weighted by Gasteiger charge is -2.06. The van der Waals surface area contributed by atoms with Gasteiger partial charge in [0.05, 0.1) is 0 Å². The average molecular weight is 331 g/mol. The van der Waals surface area contributed by atoms with Crippen LogP contribution in [0.25, 0.3) is 10.9 Å². The Hall–Kier alpha value is -2.33. The van der Waals surface area contributed by atoms with Gasteiger partial charge in [-0.15, -0.1) is 0 Å². The zero-order valence-electron chi connectivity index (χ0n) is 12.6. The molecule has 1 aromatic heterocycles. The second-order valence-electron chi connectivity index (χ2n) is 5.43. The quantitative estimate of drug-likeness (QED) is 0.738. The van der Waals surface area contributed by atoms with Crippen LogP contribution >= 0.6 is 11.6 Å². The zero-order valence-corrected chi connectivity index (χ0v) is 13.4. The number of hydrogen-bond acceptors (Lipinski definition) is 1. The number of H-pyrrole nitrogens is 1. The third-order valence-electron chi connectivity index (χ3n) is 3.83. The van der Waals surface area contributed by atoms with Crippen molar-refractivity contribution >= 4 is 28.4 Å². The summed E-state index contributed by atoms with van der Waals surface area (Å²) >= 11 is 5.89. The van der Waals surface area contributed by atoms with Crippen LogP contribution in [0, 0.1) is 12.7 Å². The van der Waals surface area contributed by atoms with Crippen LogP contribution in [0.1, 0.15) is 21.6 Å². The summed E-state index contributed by atoms with van der Waals surface area (Å²) in [6.07, 6.45) is 0.627. The Morgan fingerprint density at radius 1 is 1.26 bits per heavy atom. The molecule has 0 unspecified atom stereocenters. The predicted molar refractivity (Wildman–Crippen MR) is 90.5 cm³/mol. The molecule has 3 nitrogen and oxygen atoms in total. The molecule has 0 aliphatic carbocycles. The minimum atomic E-state index is -0.263. The van der Waals surface area contributed by atoms with E-state index in [1.54, 1.807) is 30.3 Å². The number of benzene rings is 2. The van der Waals surface area contributed by atoms with Crippen molar-refractivity contribution in [2.24, 2.45) is 0 Å². The van der Waals surface area contributed by atoms with Gasteiger partial charge in [0, 0.05) is 33.7 Å². The van der Waals surface area contributed by atoms with Crippen molar-refractivity contribution < 1.29 is 9.18 Å². The summed E-state index contributed by atoms with van der Waals surface area (Å²) in [4.78, 5) is 15.3. The van der Waals surface area contributed by atoms with Crippen LogP contribution in [-0.2, 0) is 6.42 Å². The van der Waals surface area contributed by atoms with Crippen molar-refractivity contribution in [2.45, 2.75) is 13.3 Å². The van der Waals surface area contributed by atoms with Crippen LogP contribution in [0.5, 0.6) is 0 Å². The van der Waals surface area contributed by atoms with Crippen molar-refractivity contribution in [3.63, 3.8) is 0 Å². The third-order valence-corrected chi connectivity index (χ3v) is 4.06. The Balaban J connectivity index is 1.70. The highest BCUT2D eigenvalue weighted by Gasteiger charge is 2.10. The van der Waals surface area contributed by atoms with Gasteiger partial charge in [-0.1, -0.05) is 17.7 Å². The number of hydrogen-bond donors (Lipinski definition) is 2. The van der Waals surface area contributed by atoms with E-state index in [1.165, 1.54) is 12.1 Å². The minimum absolute atomic E-state index is 0.170. The Morgan fingerprint density at radius 3 is 2.87 bits per heavy atom. The van der Waals surface area contributed by atoms with E-state index >= 15 is 0 Å². The lowest BCUT2D eigenvalue weighted by molar-refractivity contribution is 0.0954. The van der Waals surface area contributed by atoms with Gasteiger partial charge < -0.3 is 10.3 Å². The van der Waals surface area contributed by atoms with Crippen molar-refractivity contribution in [2.75, 3.05) is 6.54 Å². The highest BCUT2D eigenvalue weighted by molar-refractivity contribution is 6.30. The van der Waals surface area contributed by atoms with Gasteiger partial charge in [0.25, 0.3) is 5.91 Å². The summed E-state index contributed by atoms with van der Waals surface area (Å²) in [7, 11) is 0. The maximum Gasteiger partial charge on any atom is 0.251 e. The number of aromatic nitrogens is 1. The zero-order chi connectivity index (χ0) is 16.4. The molecule has 0 bridgehead atoms. The number of rotatable bonds is 4. The number of fused-ring (bicyclic) bond motifs is 1. The Labute approximate surface area is 138 Å². The van der Waals surface area contributed by atoms with Gasteiger partial charge in [-0.2, -0.15) is 0 Å². The Morgan fingerprint density at radius 2 is 2.09 bits per heavy atom. The number of aryl methyl sites for hydroxylation is 1. The normalized spacial score (nSPS) is 10.9. The number of carbonyl (C=O) groups excluding carboxylic acids is 1. The van der Waals surface area contributed by atoms with Gasteiger partial charge in [-0.05, 0) is 55.3 Å². The molecule has 0 fully saturated rings. The van der Waals surface area contributed by atoms with Crippen LogP contribution < -0.4 is 5.32 Å². The first-order chi connectivity index (χ1) is 11.0. The molecule has 0 aliphatic heterocycles. The molecular formula is C18H16ClFN2O. The van der Waals surface area contributed by atoms with Gasteiger partial charge in [-0.25, -0.2) is 4.39 Å². The van der Waals surface area contributed by atoms with Crippen LogP contribution in [0.2, 0.25) is 5.02 Å². The second-order valence-corrected chi connectivity index (χ2v) is 5.87. The van der Waals surface area contributed by atoms with Crippen LogP contribution in [0.3, 0.4) is 0 Å². The van der Waals surface area contributed by atoms with Crippen molar-refractivity contribution in [1.82, 2.24) is 10.3 Å². The standard InChI is InChI=1S/C18H16ClFN2O/c1-11-15(16-10-14(20)5-6-17(16)22-11)7-8-21-18(23)12-3-2-4-13(19)9-12/h2-6,9-10,22H,7-8H2,1H3,(H,21,23). The monoisotopic (exact) mass is 330 g/mol. The van der Waals surface area contributed by atoms with Gasteiger partial charge in [0.15, 0.2) is 0 Å². The largest absolute Gasteiger partial charge is 0.358 e. The van der Waals surface area contributed by atoms with Crippen molar-refractivity contribution in [3.8, 4) is 0 Å². The summed E-state index contributed by atoms with van der Waals surface area (Å²) in [5.41, 5.74) is 3.44. The molecule has 5 heteroatoms. The molecule has 23 heavy (non-hydrogen) atoms. The molecule has 3 aromatic rings. The molecule has 0 atom stereocenters. The lowest BCUT2D eigenvalue weighted by Crippen LogP contribution is -2.25. The van der Waals surface area contributed by atoms with Crippen molar-refractivity contribution in [3.05, 3.63) is 70.1 Å². The molecule has 1 heterocycles. The first-order valence-electron chi connectivity index (χ1n) is 7.35. The van der Waals surface area contributed by atoms with E-state index < -0.39 is 0 Å². The van der Waals surface area contributed by atoms with E-state index in [0.29, 0.717) is 23.6 Å². The summed E-state index contributed by atoms with van der Waals surface area (Å²) in [5, 5.41) is 4.25. The maximum absolute atomic E-state index is 13.4. The fourth-order valence-electron chi connectivity index (χ4n) is 2.71. The maximum atomic E-state index is 13.4. The van der Waals surface area contributed by atoms with Gasteiger partial charge in [0.1, 0.15) is 5.82 Å². The Bertz CT molecular complexity index is 873. The lowest BCUT2D eigenvalue weighted by atomic mass is 10.1. The van der Waals surface area contributed by atoms with E-state index in [-0.39, 0.29) is 11.7 Å². The molecule has 0 radical (unpaired) electrons. The number of halogens is 2. The number of nitrogens with one attached hydrogen (secondary N) is 2. The Kier molecular flexibility index (Phi) is 4.35. The predicted octanol–water partition coefficient (Wildman–Crippen LogP) is 4.24. The third kappa shape index (κ3) is 3.37. The molecule has 0 aliphatic rings. The van der Waals surface area contributed by atoms with Crippen LogP contribution in [0.15, 0.2) is 42.5 Å². The van der Waals surface area contributed by atoms with Gasteiger partial charge in [-0.3, -0.25) is 4.79 Å². The first-order valence-corrected chi connectivity index (χ1v) is 7.73. The smallest absolute Gasteiger partial charge is 0.251 e. The second kappa shape index (κ2) is 6.42. The van der Waals surface area contributed by atoms with Gasteiger partial charge >= 0.3 is 0 Å². The van der Waals surface area contributed by atoms with E-state index in [9.17, 15) is 9.18 Å². The summed E-state index contributed by atoms with van der Waals surface area (Å²) < 4.78 is 13.4. The van der Waals surface area contributed by atoms with Crippen molar-refractivity contribution in [1.29, 1.82) is 0 Å². The average Bonchev–Trinajstić information content (AvgIpc) is 2.83. The summed E-state index contributed by atoms with van der Waals surface area (Å²) in [5.74, 6) is -0.433. The minimum Gasteiger partial charge on any atom is -0.358 e. The van der Waals surface area contributed by atoms with Crippen LogP contribution in [0.4, 0.5) is 4.39 Å². The fourth-order valence-corrected chi connectivity index (χ4v) is 2.90. The highest BCUT2D eigenvalue weighted by atomic mass is 35.5. The molecule has 118 valence electrons. The molecule has 2 aromatic carbocycles. The topological polar surface area (TPSA) is 44.9 Å².